The highest BCUT2D eigenvalue weighted by Crippen LogP contribution is 2.07. The SMILES string of the molecule is Cc1coc(C(=O)N[C@H](CC(C)C)C(=O)O)n1. The fourth-order valence-electron chi connectivity index (χ4n) is 1.37. The summed E-state index contributed by atoms with van der Waals surface area (Å²) in [5.74, 6) is -1.61. The zero-order valence-electron chi connectivity index (χ0n) is 10.1. The van der Waals surface area contributed by atoms with Crippen molar-refractivity contribution in [2.75, 3.05) is 0 Å². The third-order valence-electron chi connectivity index (χ3n) is 2.12. The van der Waals surface area contributed by atoms with Crippen molar-refractivity contribution in [1.82, 2.24) is 10.3 Å². The van der Waals surface area contributed by atoms with E-state index in [1.807, 2.05) is 13.8 Å². The molecule has 0 aliphatic carbocycles. The minimum Gasteiger partial charge on any atom is -0.480 e. The molecular formula is C11H16N2O4. The van der Waals surface area contributed by atoms with E-state index in [9.17, 15) is 9.59 Å². The Morgan fingerprint density at radius 2 is 2.18 bits per heavy atom. The molecule has 6 nitrogen and oxygen atoms in total. The maximum atomic E-state index is 11.6. The van der Waals surface area contributed by atoms with Crippen LogP contribution >= 0.6 is 0 Å². The predicted octanol–water partition coefficient (Wildman–Crippen LogP) is 1.21. The van der Waals surface area contributed by atoms with E-state index < -0.39 is 17.9 Å². The van der Waals surface area contributed by atoms with Gasteiger partial charge in [0.1, 0.15) is 12.3 Å². The zero-order valence-corrected chi connectivity index (χ0v) is 10.1. The monoisotopic (exact) mass is 240 g/mol. The van der Waals surface area contributed by atoms with Crippen LogP contribution in [0.4, 0.5) is 0 Å². The molecule has 0 spiro atoms. The Bertz CT molecular complexity index is 411. The summed E-state index contributed by atoms with van der Waals surface area (Å²) in [7, 11) is 0. The minimum absolute atomic E-state index is 0.113. The Morgan fingerprint density at radius 1 is 1.53 bits per heavy atom. The van der Waals surface area contributed by atoms with Gasteiger partial charge in [0, 0.05) is 0 Å². The number of hydrogen-bond acceptors (Lipinski definition) is 4. The Kier molecular flexibility index (Phi) is 4.25. The smallest absolute Gasteiger partial charge is 0.326 e. The molecule has 2 N–H and O–H groups in total. The van der Waals surface area contributed by atoms with Crippen LogP contribution in [0, 0.1) is 12.8 Å². The molecule has 1 atom stereocenters. The molecule has 0 saturated carbocycles. The van der Waals surface area contributed by atoms with Crippen molar-refractivity contribution >= 4 is 11.9 Å². The molecule has 94 valence electrons. The van der Waals surface area contributed by atoms with E-state index in [1.54, 1.807) is 6.92 Å². The Labute approximate surface area is 99.0 Å². The van der Waals surface area contributed by atoms with Crippen LogP contribution in [0.1, 0.15) is 36.6 Å². The molecule has 0 aliphatic rings. The Morgan fingerprint density at radius 3 is 2.59 bits per heavy atom. The lowest BCUT2D eigenvalue weighted by molar-refractivity contribution is -0.139. The zero-order chi connectivity index (χ0) is 13.0. The first-order valence-electron chi connectivity index (χ1n) is 5.36. The molecule has 1 rings (SSSR count). The molecule has 1 aromatic rings. The Balaban J connectivity index is 2.67. The predicted molar refractivity (Wildman–Crippen MR) is 59.6 cm³/mol. The molecule has 1 heterocycles. The van der Waals surface area contributed by atoms with Crippen LogP contribution in [0.5, 0.6) is 0 Å². The van der Waals surface area contributed by atoms with Crippen molar-refractivity contribution in [3.8, 4) is 0 Å². The fraction of sp³-hybridized carbons (Fsp3) is 0.545. The highest BCUT2D eigenvalue weighted by atomic mass is 16.4. The number of carboxylic acid groups (broad SMARTS) is 1. The van der Waals surface area contributed by atoms with Gasteiger partial charge < -0.3 is 14.8 Å². The van der Waals surface area contributed by atoms with E-state index in [2.05, 4.69) is 10.3 Å². The second kappa shape index (κ2) is 5.47. The van der Waals surface area contributed by atoms with Crippen LogP contribution in [0.15, 0.2) is 10.7 Å². The first kappa shape index (κ1) is 13.2. The molecule has 0 radical (unpaired) electrons. The van der Waals surface area contributed by atoms with Gasteiger partial charge in [-0.25, -0.2) is 9.78 Å². The minimum atomic E-state index is -1.06. The standard InChI is InChI=1S/C11H16N2O4/c1-6(2)4-8(11(15)16)13-9(14)10-12-7(3)5-17-10/h5-6,8H,4H2,1-3H3,(H,13,14)(H,15,16)/t8-/m1/s1. The highest BCUT2D eigenvalue weighted by molar-refractivity contribution is 5.92. The van der Waals surface area contributed by atoms with E-state index in [1.165, 1.54) is 6.26 Å². The number of rotatable bonds is 5. The number of aromatic nitrogens is 1. The van der Waals surface area contributed by atoms with E-state index >= 15 is 0 Å². The molecule has 0 unspecified atom stereocenters. The van der Waals surface area contributed by atoms with Gasteiger partial charge in [-0.3, -0.25) is 4.79 Å². The number of aryl methyl sites for hydroxylation is 1. The van der Waals surface area contributed by atoms with Gasteiger partial charge in [0.2, 0.25) is 0 Å². The van der Waals surface area contributed by atoms with Crippen LogP contribution in [-0.4, -0.2) is 28.0 Å². The van der Waals surface area contributed by atoms with Crippen molar-refractivity contribution in [3.63, 3.8) is 0 Å². The molecule has 6 heteroatoms. The molecule has 0 bridgehead atoms. The Hall–Kier alpha value is -1.85. The number of carboxylic acids is 1. The topological polar surface area (TPSA) is 92.4 Å². The number of carbonyl (C=O) groups is 2. The lowest BCUT2D eigenvalue weighted by Crippen LogP contribution is -2.41. The number of hydrogen-bond donors (Lipinski definition) is 2. The van der Waals surface area contributed by atoms with Gasteiger partial charge in [0.25, 0.3) is 5.89 Å². The maximum Gasteiger partial charge on any atom is 0.326 e. The summed E-state index contributed by atoms with van der Waals surface area (Å²) in [5.41, 5.74) is 0.575. The van der Waals surface area contributed by atoms with E-state index in [-0.39, 0.29) is 11.8 Å². The van der Waals surface area contributed by atoms with Gasteiger partial charge in [0.05, 0.1) is 5.69 Å². The van der Waals surface area contributed by atoms with Crippen molar-refractivity contribution in [3.05, 3.63) is 17.8 Å². The van der Waals surface area contributed by atoms with Crippen molar-refractivity contribution in [2.45, 2.75) is 33.2 Å². The van der Waals surface area contributed by atoms with Crippen LogP contribution < -0.4 is 5.32 Å². The van der Waals surface area contributed by atoms with Crippen molar-refractivity contribution in [2.24, 2.45) is 5.92 Å². The van der Waals surface area contributed by atoms with Crippen molar-refractivity contribution < 1.29 is 19.1 Å². The molecular weight excluding hydrogens is 224 g/mol. The number of nitrogens with zero attached hydrogens (tertiary/aromatic N) is 1. The van der Waals surface area contributed by atoms with E-state index in [0.717, 1.165) is 0 Å². The number of oxazole rings is 1. The molecule has 0 fully saturated rings. The lowest BCUT2D eigenvalue weighted by Gasteiger charge is -2.15. The van der Waals surface area contributed by atoms with Gasteiger partial charge in [-0.05, 0) is 19.3 Å². The van der Waals surface area contributed by atoms with Gasteiger partial charge >= 0.3 is 11.9 Å². The summed E-state index contributed by atoms with van der Waals surface area (Å²) in [6.07, 6.45) is 1.70. The average molecular weight is 240 g/mol. The number of carbonyl (C=O) groups excluding carboxylic acids is 1. The summed E-state index contributed by atoms with van der Waals surface area (Å²) in [6.45, 7) is 5.46. The molecule has 1 aromatic heterocycles. The van der Waals surface area contributed by atoms with E-state index in [0.29, 0.717) is 12.1 Å². The first-order chi connectivity index (χ1) is 7.90. The third-order valence-corrected chi connectivity index (χ3v) is 2.12. The van der Waals surface area contributed by atoms with Crippen LogP contribution in [0.25, 0.3) is 0 Å². The number of amides is 1. The summed E-state index contributed by atoms with van der Waals surface area (Å²) >= 11 is 0. The highest BCUT2D eigenvalue weighted by Gasteiger charge is 2.23. The number of aliphatic carboxylic acids is 1. The normalized spacial score (nSPS) is 12.5. The molecule has 0 saturated heterocycles. The quantitative estimate of drug-likeness (QED) is 0.807. The molecule has 1 amide bonds. The lowest BCUT2D eigenvalue weighted by atomic mass is 10.0. The maximum absolute atomic E-state index is 11.6. The van der Waals surface area contributed by atoms with E-state index in [4.69, 9.17) is 9.52 Å². The molecule has 0 aromatic carbocycles. The van der Waals surface area contributed by atoms with Gasteiger partial charge in [-0.1, -0.05) is 13.8 Å². The average Bonchev–Trinajstić information content (AvgIpc) is 2.63. The summed E-state index contributed by atoms with van der Waals surface area (Å²) in [6, 6.07) is -0.922. The third kappa shape index (κ3) is 3.90. The second-order valence-corrected chi connectivity index (χ2v) is 4.29. The second-order valence-electron chi connectivity index (χ2n) is 4.29. The fourth-order valence-corrected chi connectivity index (χ4v) is 1.37. The summed E-state index contributed by atoms with van der Waals surface area (Å²) in [4.78, 5) is 26.4. The van der Waals surface area contributed by atoms with Crippen molar-refractivity contribution in [1.29, 1.82) is 0 Å². The molecule has 17 heavy (non-hydrogen) atoms. The van der Waals surface area contributed by atoms with Gasteiger partial charge in [-0.2, -0.15) is 0 Å². The van der Waals surface area contributed by atoms with Crippen LogP contribution in [-0.2, 0) is 4.79 Å². The summed E-state index contributed by atoms with van der Waals surface area (Å²) in [5, 5.41) is 11.3. The van der Waals surface area contributed by atoms with Crippen LogP contribution in [0.3, 0.4) is 0 Å². The molecule has 0 aliphatic heterocycles. The van der Waals surface area contributed by atoms with Gasteiger partial charge in [-0.15, -0.1) is 0 Å². The van der Waals surface area contributed by atoms with Gasteiger partial charge in [0.15, 0.2) is 0 Å². The number of nitrogens with one attached hydrogen (secondary N) is 1. The summed E-state index contributed by atoms with van der Waals surface area (Å²) < 4.78 is 4.90. The van der Waals surface area contributed by atoms with Crippen LogP contribution in [0.2, 0.25) is 0 Å². The first-order valence-corrected chi connectivity index (χ1v) is 5.36. The largest absolute Gasteiger partial charge is 0.480 e.